The Bertz CT molecular complexity index is 1950. The van der Waals surface area contributed by atoms with E-state index in [9.17, 15) is 86.5 Å². The van der Waals surface area contributed by atoms with E-state index in [1.165, 1.54) is 78.1 Å². The van der Waals surface area contributed by atoms with E-state index in [2.05, 4.69) is 19.2 Å². The van der Waals surface area contributed by atoms with Crippen LogP contribution in [0, 0.1) is 11.8 Å². The summed E-state index contributed by atoms with van der Waals surface area (Å²) in [7, 11) is 0. The minimum atomic E-state index is -2.10. The summed E-state index contributed by atoms with van der Waals surface area (Å²) in [6, 6.07) is -1.04. The highest BCUT2D eigenvalue weighted by molar-refractivity contribution is 5.76. The summed E-state index contributed by atoms with van der Waals surface area (Å²) in [5.74, 6) is -2.37. The topological polar surface area (TPSA) is 445 Å². The van der Waals surface area contributed by atoms with Crippen molar-refractivity contribution in [3.8, 4) is 0 Å². The summed E-state index contributed by atoms with van der Waals surface area (Å²) in [4.78, 5) is 13.3. The SMILES string of the molecule is CCCCCCCCCCCCCCC/C=C/[C@@H](O)[C@H](CO[C@@H]1OC(CO)[C@@H](O[C@@H]2OC(CO)[C@H](O[C@@H]3OC(CO)[C@H](O)[C@H](O[C@@H]4OC(CO)[C@H](O)[C@H](O)C4O)C3C)[C@H](OC3C[C@@H](O)[C@@H](C)C([C@H](O)[C@H](O)CO)O3)C2O)[C@H](O)C1O)NC(=O)CCCCCCC. The van der Waals surface area contributed by atoms with Gasteiger partial charge in [0.2, 0.25) is 5.91 Å². The number of aliphatic hydroxyl groups excluding tert-OH is 16. The molecule has 1 amide bonds. The Balaban J connectivity index is 1.31. The van der Waals surface area contributed by atoms with Gasteiger partial charge in [0.25, 0.3) is 0 Å². The molecule has 5 aliphatic heterocycles. The zero-order chi connectivity index (χ0) is 66.0. The van der Waals surface area contributed by atoms with E-state index in [-0.39, 0.29) is 18.7 Å². The zero-order valence-electron chi connectivity index (χ0n) is 53.1. The molecule has 5 fully saturated rings. The fraction of sp³-hybridized carbons (Fsp3) is 0.952. The van der Waals surface area contributed by atoms with Crippen LogP contribution < -0.4 is 5.32 Å². The van der Waals surface area contributed by atoms with Gasteiger partial charge in [-0.15, -0.1) is 0 Å². The van der Waals surface area contributed by atoms with E-state index in [1.807, 2.05) is 6.08 Å². The van der Waals surface area contributed by atoms with E-state index in [0.29, 0.717) is 12.8 Å². The van der Waals surface area contributed by atoms with Crippen LogP contribution in [-0.4, -0.2) is 287 Å². The van der Waals surface area contributed by atoms with Crippen LogP contribution in [0.4, 0.5) is 0 Å². The number of carbonyl (C=O) groups excluding carboxylic acids is 1. The van der Waals surface area contributed by atoms with Crippen LogP contribution in [0.5, 0.6) is 0 Å². The minimum absolute atomic E-state index is 0.187. The highest BCUT2D eigenvalue weighted by Gasteiger charge is 2.57. The lowest BCUT2D eigenvalue weighted by molar-refractivity contribution is -0.396. The van der Waals surface area contributed by atoms with Gasteiger partial charge >= 0.3 is 0 Å². The van der Waals surface area contributed by atoms with Crippen LogP contribution in [0.1, 0.15) is 163 Å². The Morgan fingerprint density at radius 3 is 1.58 bits per heavy atom. The Morgan fingerprint density at radius 2 is 0.989 bits per heavy atom. The van der Waals surface area contributed by atoms with Crippen molar-refractivity contribution in [2.75, 3.05) is 39.6 Å². The Kier molecular flexibility index (Phi) is 36.2. The van der Waals surface area contributed by atoms with Crippen molar-refractivity contribution in [2.24, 2.45) is 11.8 Å². The number of carbonyl (C=O) groups is 1. The first kappa shape index (κ1) is 78.9. The van der Waals surface area contributed by atoms with Gasteiger partial charge in [-0.2, -0.15) is 0 Å². The first-order valence-electron chi connectivity index (χ1n) is 33.2. The number of aliphatic hydroxyl groups is 16. The molecule has 0 bridgehead atoms. The third kappa shape index (κ3) is 22.9. The second-order valence-corrected chi connectivity index (χ2v) is 25.2. The molecule has 10 unspecified atom stereocenters. The molecule has 0 aromatic rings. The maximum Gasteiger partial charge on any atom is 0.220 e. The first-order valence-corrected chi connectivity index (χ1v) is 33.2. The van der Waals surface area contributed by atoms with Gasteiger partial charge in [0.05, 0.1) is 70.1 Å². The van der Waals surface area contributed by atoms with Crippen LogP contribution in [0.2, 0.25) is 0 Å². The van der Waals surface area contributed by atoms with Crippen molar-refractivity contribution in [3.63, 3.8) is 0 Å². The summed E-state index contributed by atoms with van der Waals surface area (Å²) in [5, 5.41) is 177. The summed E-state index contributed by atoms with van der Waals surface area (Å²) < 4.78 is 60.5. The van der Waals surface area contributed by atoms with Crippen molar-refractivity contribution >= 4 is 5.91 Å². The fourth-order valence-corrected chi connectivity index (χ4v) is 12.3. The Morgan fingerprint density at radius 1 is 0.500 bits per heavy atom. The number of unbranched alkanes of at least 4 members (excludes halogenated alkanes) is 17. The van der Waals surface area contributed by atoms with Crippen LogP contribution in [-0.2, 0) is 52.2 Å². The summed E-state index contributed by atoms with van der Waals surface area (Å²) in [5.41, 5.74) is 0. The molecule has 0 saturated carbocycles. The lowest BCUT2D eigenvalue weighted by Gasteiger charge is -2.51. The van der Waals surface area contributed by atoms with Gasteiger partial charge in [0.15, 0.2) is 31.5 Å². The number of allylic oxidation sites excluding steroid dienone is 1. The highest BCUT2D eigenvalue weighted by atomic mass is 16.8. The van der Waals surface area contributed by atoms with Crippen LogP contribution in [0.25, 0.3) is 0 Å². The molecule has 0 radical (unpaired) electrons. The quantitative estimate of drug-likeness (QED) is 0.0248. The molecule has 5 rings (SSSR count). The molecule has 90 heavy (non-hydrogen) atoms. The van der Waals surface area contributed by atoms with E-state index < -0.39 is 211 Å². The monoisotopic (exact) mass is 1300 g/mol. The van der Waals surface area contributed by atoms with Gasteiger partial charge in [0.1, 0.15) is 97.7 Å². The summed E-state index contributed by atoms with van der Waals surface area (Å²) in [6.45, 7) is 2.39. The molecular formula is C62H113NO27. The molecule has 5 heterocycles. The molecule has 28 heteroatoms. The molecule has 28 nitrogen and oxygen atoms in total. The van der Waals surface area contributed by atoms with Crippen molar-refractivity contribution in [3.05, 3.63) is 12.2 Å². The summed E-state index contributed by atoms with van der Waals surface area (Å²) >= 11 is 0. The van der Waals surface area contributed by atoms with Gasteiger partial charge in [-0.1, -0.05) is 143 Å². The zero-order valence-corrected chi connectivity index (χ0v) is 53.1. The number of ether oxygens (including phenoxy) is 10. The number of hydrogen-bond donors (Lipinski definition) is 17. The predicted molar refractivity (Wildman–Crippen MR) is 318 cm³/mol. The number of nitrogens with one attached hydrogen (secondary N) is 1. The maximum absolute atomic E-state index is 13.3. The van der Waals surface area contributed by atoms with E-state index in [4.69, 9.17) is 47.4 Å². The van der Waals surface area contributed by atoms with E-state index >= 15 is 0 Å². The lowest BCUT2D eigenvalue weighted by atomic mass is 9.87. The average molecular weight is 1300 g/mol. The molecule has 0 aliphatic carbocycles. The number of hydrogen-bond acceptors (Lipinski definition) is 27. The molecule has 0 spiro atoms. The van der Waals surface area contributed by atoms with Crippen molar-refractivity contribution in [1.82, 2.24) is 5.32 Å². The molecule has 17 N–H and O–H groups in total. The number of rotatable bonds is 41. The molecule has 5 aliphatic rings. The average Bonchev–Trinajstić information content (AvgIpc) is 2.57. The molecule has 0 aromatic heterocycles. The van der Waals surface area contributed by atoms with Crippen molar-refractivity contribution in [2.45, 2.75) is 322 Å². The van der Waals surface area contributed by atoms with E-state index in [0.717, 1.165) is 44.9 Å². The lowest BCUT2D eigenvalue weighted by Crippen LogP contribution is -2.67. The van der Waals surface area contributed by atoms with Crippen LogP contribution in [0.3, 0.4) is 0 Å². The van der Waals surface area contributed by atoms with Crippen LogP contribution >= 0.6 is 0 Å². The van der Waals surface area contributed by atoms with Gasteiger partial charge < -0.3 is 134 Å². The fourth-order valence-electron chi connectivity index (χ4n) is 12.3. The molecule has 28 atom stereocenters. The summed E-state index contributed by atoms with van der Waals surface area (Å²) in [6.07, 6.45) is -18.1. The normalized spacial score (nSPS) is 38.3. The Labute approximate surface area is 529 Å². The molecular weight excluding hydrogens is 1190 g/mol. The van der Waals surface area contributed by atoms with Gasteiger partial charge in [0, 0.05) is 24.7 Å². The van der Waals surface area contributed by atoms with Crippen LogP contribution in [0.15, 0.2) is 12.2 Å². The minimum Gasteiger partial charge on any atom is -0.394 e. The van der Waals surface area contributed by atoms with Crippen molar-refractivity contribution < 1.29 is 134 Å². The largest absolute Gasteiger partial charge is 0.394 e. The second kappa shape index (κ2) is 41.3. The third-order valence-electron chi connectivity index (χ3n) is 18.1. The third-order valence-corrected chi connectivity index (χ3v) is 18.1. The second-order valence-electron chi connectivity index (χ2n) is 25.2. The number of amides is 1. The highest BCUT2D eigenvalue weighted by Crippen LogP contribution is 2.39. The van der Waals surface area contributed by atoms with E-state index in [1.54, 1.807) is 6.08 Å². The van der Waals surface area contributed by atoms with Gasteiger partial charge in [-0.05, 0) is 19.3 Å². The van der Waals surface area contributed by atoms with Gasteiger partial charge in [-0.3, -0.25) is 4.79 Å². The molecule has 5 saturated heterocycles. The first-order chi connectivity index (χ1) is 43.2. The molecule has 0 aromatic carbocycles. The standard InChI is InChI=1S/C62H113NO27/c1-5-7-9-11-12-13-14-15-16-17-18-19-20-22-23-25-37(69)36(63-44(72)26-24-21-10-8-6-2)33-81-60-52(79)50(77)56(42(31-67)84-60)89-62-53(80)58(87-45-27-38(70)34(3)54(86-45)46(73)39(71)28-64)57(43(32-68)85-62)90-59-35(4)55(48(75)41(30-66)82-59)88-61-51(78)49(76)47(74)40(29-65)83-61/h23,25,34-43,45-62,64-71,73-80H,5-22,24,26-33H2,1-4H3,(H,63,72)/b25-23+/t34-,35?,36+,37-,38-,39-,40?,41?,42?,43?,45?,46-,47+,48+,49+,50-,51?,52?,53?,54?,55-,56-,57+,58-,59+,60-,61+,62+/m1/s1. The predicted octanol–water partition coefficient (Wildman–Crippen LogP) is -1.36. The smallest absolute Gasteiger partial charge is 0.220 e. The van der Waals surface area contributed by atoms with Crippen molar-refractivity contribution in [1.29, 1.82) is 0 Å². The van der Waals surface area contributed by atoms with Gasteiger partial charge in [-0.25, -0.2) is 0 Å². The molecule has 528 valence electrons. The maximum atomic E-state index is 13.3. The Hall–Kier alpha value is -1.83.